The summed E-state index contributed by atoms with van der Waals surface area (Å²) in [5.74, 6) is -0.000154. The molecule has 1 aromatic carbocycles. The highest BCUT2D eigenvalue weighted by Gasteiger charge is 2.13. The fourth-order valence-corrected chi connectivity index (χ4v) is 3.10. The van der Waals surface area contributed by atoms with Crippen LogP contribution in [0.15, 0.2) is 42.6 Å². The van der Waals surface area contributed by atoms with Crippen molar-refractivity contribution in [2.75, 3.05) is 0 Å². The SMILES string of the molecule is O=C(/C=C/c1cccc2cccnc12)NC1CCCCCC1. The van der Waals surface area contributed by atoms with Gasteiger partial charge in [0.05, 0.1) is 5.52 Å². The number of para-hydroxylation sites is 1. The Morgan fingerprint density at radius 1 is 1.09 bits per heavy atom. The predicted molar refractivity (Wildman–Crippen MR) is 90.4 cm³/mol. The van der Waals surface area contributed by atoms with Crippen molar-refractivity contribution in [2.24, 2.45) is 0 Å². The van der Waals surface area contributed by atoms with E-state index in [1.54, 1.807) is 12.3 Å². The van der Waals surface area contributed by atoms with Gasteiger partial charge in [-0.25, -0.2) is 0 Å². The molecule has 2 aromatic rings. The van der Waals surface area contributed by atoms with Crippen LogP contribution in [0.3, 0.4) is 0 Å². The van der Waals surface area contributed by atoms with Crippen LogP contribution in [0.2, 0.25) is 0 Å². The number of carbonyl (C=O) groups is 1. The number of benzene rings is 1. The number of aromatic nitrogens is 1. The molecule has 1 fully saturated rings. The first-order chi connectivity index (χ1) is 10.8. The van der Waals surface area contributed by atoms with Crippen molar-refractivity contribution < 1.29 is 4.79 Å². The van der Waals surface area contributed by atoms with Crippen LogP contribution in [-0.4, -0.2) is 16.9 Å². The molecule has 1 aliphatic rings. The predicted octanol–water partition coefficient (Wildman–Crippen LogP) is 4.09. The molecule has 0 bridgehead atoms. The largest absolute Gasteiger partial charge is 0.350 e. The van der Waals surface area contributed by atoms with Gasteiger partial charge in [0.25, 0.3) is 0 Å². The molecule has 1 saturated carbocycles. The monoisotopic (exact) mass is 294 g/mol. The zero-order valence-corrected chi connectivity index (χ0v) is 12.8. The zero-order valence-electron chi connectivity index (χ0n) is 12.8. The van der Waals surface area contributed by atoms with Crippen molar-refractivity contribution in [3.05, 3.63) is 48.2 Å². The van der Waals surface area contributed by atoms with E-state index in [4.69, 9.17) is 0 Å². The Morgan fingerprint density at radius 3 is 2.68 bits per heavy atom. The number of rotatable bonds is 3. The smallest absolute Gasteiger partial charge is 0.244 e. The van der Waals surface area contributed by atoms with Crippen LogP contribution in [-0.2, 0) is 4.79 Å². The normalized spacial score (nSPS) is 16.7. The number of amides is 1. The molecule has 22 heavy (non-hydrogen) atoms. The minimum atomic E-state index is -0.000154. The number of pyridine rings is 1. The second kappa shape index (κ2) is 7.21. The zero-order chi connectivity index (χ0) is 15.2. The van der Waals surface area contributed by atoms with Crippen LogP contribution < -0.4 is 5.32 Å². The van der Waals surface area contributed by atoms with E-state index < -0.39 is 0 Å². The molecular formula is C19H22N2O. The van der Waals surface area contributed by atoms with Gasteiger partial charge in [0.15, 0.2) is 0 Å². The van der Waals surface area contributed by atoms with Gasteiger partial charge in [-0.1, -0.05) is 49.9 Å². The molecule has 0 saturated heterocycles. The van der Waals surface area contributed by atoms with Crippen LogP contribution in [0.25, 0.3) is 17.0 Å². The van der Waals surface area contributed by atoms with Crippen LogP contribution in [0, 0.1) is 0 Å². The summed E-state index contributed by atoms with van der Waals surface area (Å²) >= 11 is 0. The molecule has 0 radical (unpaired) electrons. The maximum atomic E-state index is 12.1. The Kier molecular flexibility index (Phi) is 4.84. The van der Waals surface area contributed by atoms with Crippen LogP contribution in [0.1, 0.15) is 44.1 Å². The van der Waals surface area contributed by atoms with E-state index in [1.807, 2.05) is 36.4 Å². The topological polar surface area (TPSA) is 42.0 Å². The van der Waals surface area contributed by atoms with Crippen molar-refractivity contribution in [3.8, 4) is 0 Å². The fraction of sp³-hybridized carbons (Fsp3) is 0.368. The Labute approximate surface area is 131 Å². The summed E-state index contributed by atoms with van der Waals surface area (Å²) in [6.45, 7) is 0. The van der Waals surface area contributed by atoms with Gasteiger partial charge in [-0.2, -0.15) is 0 Å². The summed E-state index contributed by atoms with van der Waals surface area (Å²) in [6, 6.07) is 10.3. The van der Waals surface area contributed by atoms with Crippen LogP contribution >= 0.6 is 0 Å². The summed E-state index contributed by atoms with van der Waals surface area (Å²) < 4.78 is 0. The summed E-state index contributed by atoms with van der Waals surface area (Å²) in [6.07, 6.45) is 12.5. The molecule has 1 aliphatic carbocycles. The average molecular weight is 294 g/mol. The molecule has 1 aromatic heterocycles. The third-order valence-electron chi connectivity index (χ3n) is 4.28. The standard InChI is InChI=1S/C19H22N2O/c22-18(21-17-10-3-1-2-4-11-17)13-12-16-8-5-7-15-9-6-14-20-19(15)16/h5-9,12-14,17H,1-4,10-11H2,(H,21,22)/b13-12+. The van der Waals surface area contributed by atoms with Crippen molar-refractivity contribution in [2.45, 2.75) is 44.6 Å². The van der Waals surface area contributed by atoms with Crippen molar-refractivity contribution in [1.29, 1.82) is 0 Å². The van der Waals surface area contributed by atoms with Gasteiger partial charge in [0, 0.05) is 29.3 Å². The van der Waals surface area contributed by atoms with Gasteiger partial charge < -0.3 is 5.32 Å². The molecule has 114 valence electrons. The number of hydrogen-bond donors (Lipinski definition) is 1. The number of carbonyl (C=O) groups excluding carboxylic acids is 1. The van der Waals surface area contributed by atoms with Crippen molar-refractivity contribution >= 4 is 22.9 Å². The van der Waals surface area contributed by atoms with Crippen molar-refractivity contribution in [1.82, 2.24) is 10.3 Å². The molecule has 1 heterocycles. The van der Waals surface area contributed by atoms with Crippen LogP contribution in [0.5, 0.6) is 0 Å². The molecule has 0 aliphatic heterocycles. The lowest BCUT2D eigenvalue weighted by atomic mass is 10.1. The molecule has 0 unspecified atom stereocenters. The third kappa shape index (κ3) is 3.73. The molecule has 0 atom stereocenters. The molecule has 3 nitrogen and oxygen atoms in total. The van der Waals surface area contributed by atoms with E-state index in [1.165, 1.54) is 25.7 Å². The van der Waals surface area contributed by atoms with E-state index in [0.717, 1.165) is 29.3 Å². The summed E-state index contributed by atoms with van der Waals surface area (Å²) in [5, 5.41) is 4.22. The van der Waals surface area contributed by atoms with Crippen molar-refractivity contribution in [3.63, 3.8) is 0 Å². The quantitative estimate of drug-likeness (QED) is 0.684. The molecule has 1 amide bonds. The Bertz CT molecular complexity index is 665. The minimum absolute atomic E-state index is 0.000154. The molecule has 3 rings (SSSR count). The maximum absolute atomic E-state index is 12.1. The lowest BCUT2D eigenvalue weighted by molar-refractivity contribution is -0.117. The third-order valence-corrected chi connectivity index (χ3v) is 4.28. The first kappa shape index (κ1) is 14.8. The lowest BCUT2D eigenvalue weighted by Crippen LogP contribution is -2.33. The number of fused-ring (bicyclic) bond motifs is 1. The Morgan fingerprint density at radius 2 is 1.86 bits per heavy atom. The highest BCUT2D eigenvalue weighted by molar-refractivity contribution is 5.95. The second-order valence-corrected chi connectivity index (χ2v) is 5.95. The van der Waals surface area contributed by atoms with Gasteiger partial charge in [-0.15, -0.1) is 0 Å². The van der Waals surface area contributed by atoms with Gasteiger partial charge in [0.1, 0.15) is 0 Å². The lowest BCUT2D eigenvalue weighted by Gasteiger charge is -2.14. The first-order valence-corrected chi connectivity index (χ1v) is 8.15. The molecule has 1 N–H and O–H groups in total. The van der Waals surface area contributed by atoms with Gasteiger partial charge in [-0.05, 0) is 25.0 Å². The molecular weight excluding hydrogens is 272 g/mol. The number of hydrogen-bond acceptors (Lipinski definition) is 2. The molecule has 0 spiro atoms. The highest BCUT2D eigenvalue weighted by Crippen LogP contribution is 2.18. The maximum Gasteiger partial charge on any atom is 0.244 e. The summed E-state index contributed by atoms with van der Waals surface area (Å²) in [7, 11) is 0. The minimum Gasteiger partial charge on any atom is -0.350 e. The first-order valence-electron chi connectivity index (χ1n) is 8.15. The number of nitrogens with zero attached hydrogens (tertiary/aromatic N) is 1. The highest BCUT2D eigenvalue weighted by atomic mass is 16.1. The van der Waals surface area contributed by atoms with E-state index in [9.17, 15) is 4.79 Å². The van der Waals surface area contributed by atoms with Crippen LogP contribution in [0.4, 0.5) is 0 Å². The summed E-state index contributed by atoms with van der Waals surface area (Å²) in [4.78, 5) is 16.5. The molecule has 3 heteroatoms. The fourth-order valence-electron chi connectivity index (χ4n) is 3.10. The van der Waals surface area contributed by atoms with E-state index >= 15 is 0 Å². The van der Waals surface area contributed by atoms with Gasteiger partial charge in [0.2, 0.25) is 5.91 Å². The Hall–Kier alpha value is -2.16. The van der Waals surface area contributed by atoms with E-state index in [2.05, 4.69) is 10.3 Å². The van der Waals surface area contributed by atoms with Gasteiger partial charge in [-0.3, -0.25) is 9.78 Å². The Balaban J connectivity index is 1.68. The second-order valence-electron chi connectivity index (χ2n) is 5.95. The van der Waals surface area contributed by atoms with E-state index in [0.29, 0.717) is 6.04 Å². The van der Waals surface area contributed by atoms with Gasteiger partial charge >= 0.3 is 0 Å². The number of nitrogens with one attached hydrogen (secondary N) is 1. The van der Waals surface area contributed by atoms with E-state index in [-0.39, 0.29) is 5.91 Å². The summed E-state index contributed by atoms with van der Waals surface area (Å²) in [5.41, 5.74) is 1.91. The average Bonchev–Trinajstić information content (AvgIpc) is 2.81.